The van der Waals surface area contributed by atoms with Crippen LogP contribution in [0.15, 0.2) is 0 Å². The maximum Gasteiger partial charge on any atom is 0.226 e. The minimum Gasteiger partial charge on any atom is -0.396 e. The van der Waals surface area contributed by atoms with Crippen LogP contribution in [-0.2, 0) is 4.79 Å². The van der Waals surface area contributed by atoms with Crippen molar-refractivity contribution in [1.29, 1.82) is 0 Å². The first kappa shape index (κ1) is 9.00. The lowest BCUT2D eigenvalue weighted by Gasteiger charge is -2.36. The van der Waals surface area contributed by atoms with Crippen LogP contribution in [0.25, 0.3) is 0 Å². The normalized spacial score (nSPS) is 33.2. The monoisotopic (exact) mass is 183 g/mol. The van der Waals surface area contributed by atoms with Gasteiger partial charge in [0, 0.05) is 25.6 Å². The molecule has 1 heterocycles. The Labute approximate surface area is 78.7 Å². The van der Waals surface area contributed by atoms with E-state index in [2.05, 4.69) is 0 Å². The summed E-state index contributed by atoms with van der Waals surface area (Å²) < 4.78 is 0. The molecule has 13 heavy (non-hydrogen) atoms. The molecule has 0 spiro atoms. The van der Waals surface area contributed by atoms with E-state index >= 15 is 0 Å². The second kappa shape index (κ2) is 3.66. The predicted octanol–water partition coefficient (Wildman–Crippen LogP) is 0.627. The van der Waals surface area contributed by atoms with Gasteiger partial charge in [-0.2, -0.15) is 0 Å². The van der Waals surface area contributed by atoms with E-state index in [1.165, 1.54) is 0 Å². The van der Waals surface area contributed by atoms with Crippen LogP contribution in [0, 0.1) is 11.8 Å². The molecule has 1 N–H and O–H groups in total. The third-order valence-electron chi connectivity index (χ3n) is 3.39. The highest BCUT2D eigenvalue weighted by Gasteiger charge is 2.38. The van der Waals surface area contributed by atoms with E-state index < -0.39 is 0 Å². The Hall–Kier alpha value is -0.570. The van der Waals surface area contributed by atoms with Gasteiger partial charge in [0.05, 0.1) is 0 Å². The quantitative estimate of drug-likeness (QED) is 0.682. The summed E-state index contributed by atoms with van der Waals surface area (Å²) in [6.45, 7) is 2.06. The molecule has 0 bridgehead atoms. The van der Waals surface area contributed by atoms with Crippen LogP contribution >= 0.6 is 0 Å². The van der Waals surface area contributed by atoms with Crippen molar-refractivity contribution in [1.82, 2.24) is 4.90 Å². The van der Waals surface area contributed by atoms with E-state index in [9.17, 15) is 4.79 Å². The van der Waals surface area contributed by atoms with Gasteiger partial charge < -0.3 is 10.0 Å². The van der Waals surface area contributed by atoms with Gasteiger partial charge in [0.2, 0.25) is 5.91 Å². The van der Waals surface area contributed by atoms with Crippen LogP contribution in [0.3, 0.4) is 0 Å². The number of carbonyl (C=O) groups is 1. The summed E-state index contributed by atoms with van der Waals surface area (Å²) in [5.41, 5.74) is 0. The standard InChI is InChI=1S/C10H17NO2/c12-7-8-3-4-9(8)10(13)11-5-1-2-6-11/h8-9,12H,1-7H2. The zero-order valence-electron chi connectivity index (χ0n) is 7.91. The molecule has 3 heteroatoms. The average molecular weight is 183 g/mol. The zero-order chi connectivity index (χ0) is 9.26. The van der Waals surface area contributed by atoms with Crippen LogP contribution in [-0.4, -0.2) is 35.6 Å². The van der Waals surface area contributed by atoms with Gasteiger partial charge in [-0.3, -0.25) is 4.79 Å². The SMILES string of the molecule is O=C(C1CCC1CO)N1CCCC1. The van der Waals surface area contributed by atoms with Crippen LogP contribution in [0.4, 0.5) is 0 Å². The van der Waals surface area contributed by atoms with Gasteiger partial charge in [-0.25, -0.2) is 0 Å². The van der Waals surface area contributed by atoms with Crippen molar-refractivity contribution >= 4 is 5.91 Å². The second-order valence-corrected chi connectivity index (χ2v) is 4.16. The average Bonchev–Trinajstić information content (AvgIpc) is 2.54. The Morgan fingerprint density at radius 1 is 1.31 bits per heavy atom. The van der Waals surface area contributed by atoms with E-state index in [1.807, 2.05) is 4.90 Å². The highest BCUT2D eigenvalue weighted by molar-refractivity contribution is 5.80. The lowest BCUT2D eigenvalue weighted by Crippen LogP contribution is -2.43. The first-order valence-corrected chi connectivity index (χ1v) is 5.22. The van der Waals surface area contributed by atoms with Crippen molar-refractivity contribution in [3.8, 4) is 0 Å². The number of likely N-dealkylation sites (tertiary alicyclic amines) is 1. The molecular formula is C10H17NO2. The smallest absolute Gasteiger partial charge is 0.226 e. The fourth-order valence-corrected chi connectivity index (χ4v) is 2.28. The second-order valence-electron chi connectivity index (χ2n) is 4.16. The Kier molecular flexibility index (Phi) is 2.54. The molecule has 1 aliphatic carbocycles. The van der Waals surface area contributed by atoms with Gasteiger partial charge in [-0.05, 0) is 31.6 Å². The Bertz CT molecular complexity index is 197. The minimum absolute atomic E-state index is 0.142. The Morgan fingerprint density at radius 2 is 2.00 bits per heavy atom. The summed E-state index contributed by atoms with van der Waals surface area (Å²) in [6.07, 6.45) is 4.33. The molecule has 1 saturated heterocycles. The molecule has 74 valence electrons. The molecule has 2 atom stereocenters. The van der Waals surface area contributed by atoms with Gasteiger partial charge in [-0.1, -0.05) is 0 Å². The molecule has 2 fully saturated rings. The van der Waals surface area contributed by atoms with Gasteiger partial charge in [0.25, 0.3) is 0 Å². The van der Waals surface area contributed by atoms with Crippen LogP contribution < -0.4 is 0 Å². The largest absolute Gasteiger partial charge is 0.396 e. The van der Waals surface area contributed by atoms with Gasteiger partial charge in [0.1, 0.15) is 0 Å². The molecule has 2 unspecified atom stereocenters. The molecule has 1 aliphatic heterocycles. The van der Waals surface area contributed by atoms with Crippen molar-refractivity contribution in [3.63, 3.8) is 0 Å². The number of hydrogen-bond donors (Lipinski definition) is 1. The fraction of sp³-hybridized carbons (Fsp3) is 0.900. The third kappa shape index (κ3) is 1.57. The first-order valence-electron chi connectivity index (χ1n) is 5.22. The molecule has 3 nitrogen and oxygen atoms in total. The molecular weight excluding hydrogens is 166 g/mol. The van der Waals surface area contributed by atoms with Crippen molar-refractivity contribution in [2.45, 2.75) is 25.7 Å². The minimum atomic E-state index is 0.142. The number of aliphatic hydroxyl groups is 1. The number of rotatable bonds is 2. The summed E-state index contributed by atoms with van der Waals surface area (Å²) in [4.78, 5) is 13.8. The van der Waals surface area contributed by atoms with Gasteiger partial charge >= 0.3 is 0 Å². The number of hydrogen-bond acceptors (Lipinski definition) is 2. The third-order valence-corrected chi connectivity index (χ3v) is 3.39. The number of carbonyl (C=O) groups excluding carboxylic acids is 1. The zero-order valence-corrected chi connectivity index (χ0v) is 7.91. The summed E-state index contributed by atoms with van der Waals surface area (Å²) >= 11 is 0. The molecule has 2 rings (SSSR count). The summed E-state index contributed by atoms with van der Waals surface area (Å²) in [5.74, 6) is 0.694. The maximum atomic E-state index is 11.8. The Morgan fingerprint density at radius 3 is 2.46 bits per heavy atom. The molecule has 2 aliphatic rings. The molecule has 1 saturated carbocycles. The lowest BCUT2D eigenvalue weighted by molar-refractivity contribution is -0.141. The first-order chi connectivity index (χ1) is 6.33. The van der Waals surface area contributed by atoms with E-state index in [1.54, 1.807) is 0 Å². The van der Waals surface area contributed by atoms with E-state index in [-0.39, 0.29) is 18.4 Å². The molecule has 0 aromatic carbocycles. The molecule has 0 radical (unpaired) electrons. The number of nitrogens with zero attached hydrogens (tertiary/aromatic N) is 1. The molecule has 0 aromatic heterocycles. The van der Waals surface area contributed by atoms with E-state index in [0.29, 0.717) is 5.91 Å². The van der Waals surface area contributed by atoms with Crippen LogP contribution in [0.2, 0.25) is 0 Å². The number of amides is 1. The maximum absolute atomic E-state index is 11.8. The number of aliphatic hydroxyl groups excluding tert-OH is 1. The van der Waals surface area contributed by atoms with E-state index in [4.69, 9.17) is 5.11 Å². The van der Waals surface area contributed by atoms with Gasteiger partial charge in [0.15, 0.2) is 0 Å². The van der Waals surface area contributed by atoms with Gasteiger partial charge in [-0.15, -0.1) is 0 Å². The molecule has 1 amide bonds. The Balaban J connectivity index is 1.89. The highest BCUT2D eigenvalue weighted by atomic mass is 16.3. The summed E-state index contributed by atoms with van der Waals surface area (Å²) in [5, 5.41) is 8.98. The fourth-order valence-electron chi connectivity index (χ4n) is 2.28. The van der Waals surface area contributed by atoms with Crippen molar-refractivity contribution < 1.29 is 9.90 Å². The van der Waals surface area contributed by atoms with Crippen molar-refractivity contribution in [3.05, 3.63) is 0 Å². The van der Waals surface area contributed by atoms with Crippen LogP contribution in [0.1, 0.15) is 25.7 Å². The van der Waals surface area contributed by atoms with E-state index in [0.717, 1.165) is 38.8 Å². The topological polar surface area (TPSA) is 40.5 Å². The van der Waals surface area contributed by atoms with Crippen molar-refractivity contribution in [2.75, 3.05) is 19.7 Å². The highest BCUT2D eigenvalue weighted by Crippen LogP contribution is 2.35. The predicted molar refractivity (Wildman–Crippen MR) is 49.1 cm³/mol. The van der Waals surface area contributed by atoms with Crippen LogP contribution in [0.5, 0.6) is 0 Å². The summed E-state index contributed by atoms with van der Waals surface area (Å²) in [7, 11) is 0. The van der Waals surface area contributed by atoms with Crippen molar-refractivity contribution in [2.24, 2.45) is 11.8 Å². The lowest BCUT2D eigenvalue weighted by atomic mass is 9.73. The molecule has 0 aromatic rings. The summed E-state index contributed by atoms with van der Waals surface area (Å²) in [6, 6.07) is 0.